The van der Waals surface area contributed by atoms with Crippen molar-refractivity contribution in [3.63, 3.8) is 0 Å². The molecule has 0 heterocycles. The molecule has 0 bridgehead atoms. The molecule has 2 aromatic rings. The van der Waals surface area contributed by atoms with Crippen molar-refractivity contribution >= 4 is 28.5 Å². The number of carbonyl (C=O) groups is 2. The lowest BCUT2D eigenvalue weighted by atomic mass is 9.91. The lowest BCUT2D eigenvalue weighted by Crippen LogP contribution is -2.33. The van der Waals surface area contributed by atoms with Crippen molar-refractivity contribution in [1.82, 2.24) is 5.32 Å². The van der Waals surface area contributed by atoms with Crippen molar-refractivity contribution in [2.75, 3.05) is 24.2 Å². The summed E-state index contributed by atoms with van der Waals surface area (Å²) in [5.41, 5.74) is 6.40. The highest BCUT2D eigenvalue weighted by Gasteiger charge is 2.15. The average molecular weight is 425 g/mol. The molecular weight excluding hydrogens is 392 g/mol. The Bertz CT molecular complexity index is 864. The summed E-state index contributed by atoms with van der Waals surface area (Å²) >= 11 is 1.27. The van der Waals surface area contributed by atoms with Crippen LogP contribution in [0.25, 0.3) is 0 Å². The number of rotatable bonds is 9. The Labute approximate surface area is 184 Å². The second-order valence-corrected chi connectivity index (χ2v) is 9.30. The molecule has 0 saturated heterocycles. The van der Waals surface area contributed by atoms with Gasteiger partial charge >= 0.3 is 0 Å². The maximum atomic E-state index is 12.3. The fourth-order valence-corrected chi connectivity index (χ4v) is 4.36. The molecule has 0 radical (unpaired) electrons. The van der Waals surface area contributed by atoms with Gasteiger partial charge in [-0.05, 0) is 67.9 Å². The molecule has 3 rings (SSSR count). The monoisotopic (exact) mass is 424 g/mol. The summed E-state index contributed by atoms with van der Waals surface area (Å²) in [6.07, 6.45) is 5.60. The van der Waals surface area contributed by atoms with Gasteiger partial charge in [-0.2, -0.15) is 0 Å². The topological polar surface area (TPSA) is 58.2 Å². The Hall–Kier alpha value is -2.27. The van der Waals surface area contributed by atoms with Crippen molar-refractivity contribution in [3.05, 3.63) is 64.7 Å². The van der Waals surface area contributed by atoms with Gasteiger partial charge in [0, 0.05) is 23.9 Å². The minimum absolute atomic E-state index is 0.00173. The Morgan fingerprint density at radius 1 is 1.03 bits per heavy atom. The van der Waals surface area contributed by atoms with Gasteiger partial charge in [-0.1, -0.05) is 54.6 Å². The number of aryl methyl sites for hydroxylation is 3. The molecule has 0 saturated carbocycles. The van der Waals surface area contributed by atoms with Crippen LogP contribution >= 0.6 is 11.8 Å². The molecule has 0 spiro atoms. The van der Waals surface area contributed by atoms with E-state index in [1.54, 1.807) is 0 Å². The van der Waals surface area contributed by atoms with E-state index in [0.717, 1.165) is 17.8 Å². The van der Waals surface area contributed by atoms with Gasteiger partial charge in [-0.25, -0.2) is 0 Å². The molecule has 0 fully saturated rings. The zero-order valence-corrected chi connectivity index (χ0v) is 18.8. The van der Waals surface area contributed by atoms with Gasteiger partial charge in [-0.15, -0.1) is 0 Å². The van der Waals surface area contributed by atoms with Crippen molar-refractivity contribution in [2.24, 2.45) is 5.92 Å². The van der Waals surface area contributed by atoms with E-state index < -0.39 is 0 Å². The predicted molar refractivity (Wildman–Crippen MR) is 126 cm³/mol. The van der Waals surface area contributed by atoms with Gasteiger partial charge in [-0.3, -0.25) is 9.59 Å². The molecule has 2 N–H and O–H groups in total. The normalized spacial score (nSPS) is 13.9. The van der Waals surface area contributed by atoms with Crippen LogP contribution in [0.1, 0.15) is 42.0 Å². The molecular formula is C25H32N2O2S. The van der Waals surface area contributed by atoms with Gasteiger partial charge < -0.3 is 10.6 Å². The number of hydrogen-bond acceptors (Lipinski definition) is 4. The zero-order chi connectivity index (χ0) is 21.3. The van der Waals surface area contributed by atoms with Crippen molar-refractivity contribution in [1.29, 1.82) is 0 Å². The second kappa shape index (κ2) is 11.2. The van der Waals surface area contributed by atoms with Gasteiger partial charge in [0.15, 0.2) is 0 Å². The molecule has 4 nitrogen and oxygen atoms in total. The molecule has 1 aliphatic carbocycles. The van der Waals surface area contributed by atoms with Crippen LogP contribution in [0.4, 0.5) is 5.69 Å². The maximum absolute atomic E-state index is 12.3. The smallest absolute Gasteiger partial charge is 0.223 e. The minimum atomic E-state index is -0.156. The zero-order valence-electron chi connectivity index (χ0n) is 18.0. The standard InChI is InChI=1S/C25H32N2O2S/c1-18-7-9-20(10-8-18)15-19(2)25(29)27-17-24(28)30-14-13-26-23-12-11-21-5-3-4-6-22(21)16-23/h7-12,16,19,26H,3-6,13-15,17H2,1-2H3,(H,27,29)/t19-/m0/s1. The second-order valence-electron chi connectivity index (χ2n) is 8.15. The lowest BCUT2D eigenvalue weighted by molar-refractivity contribution is -0.125. The van der Waals surface area contributed by atoms with Crippen LogP contribution in [-0.4, -0.2) is 29.9 Å². The van der Waals surface area contributed by atoms with E-state index in [4.69, 9.17) is 0 Å². The SMILES string of the molecule is Cc1ccc(C[C@H](C)C(=O)NCC(=O)SCCNc2ccc3c(c2)CCCC3)cc1. The number of anilines is 1. The molecule has 1 amide bonds. The van der Waals surface area contributed by atoms with Gasteiger partial charge in [0.1, 0.15) is 0 Å². The predicted octanol–water partition coefficient (Wildman–Crippen LogP) is 4.54. The number of benzene rings is 2. The molecule has 1 aliphatic rings. The Kier molecular flexibility index (Phi) is 8.38. The summed E-state index contributed by atoms with van der Waals surface area (Å²) in [7, 11) is 0. The molecule has 160 valence electrons. The molecule has 2 aromatic carbocycles. The number of carbonyl (C=O) groups excluding carboxylic acids is 2. The summed E-state index contributed by atoms with van der Waals surface area (Å²) in [5.74, 6) is 0.456. The minimum Gasteiger partial charge on any atom is -0.384 e. The third-order valence-electron chi connectivity index (χ3n) is 5.56. The molecule has 5 heteroatoms. The molecule has 0 aliphatic heterocycles. The summed E-state index contributed by atoms with van der Waals surface area (Å²) in [5, 5.41) is 6.18. The first-order valence-electron chi connectivity index (χ1n) is 10.9. The van der Waals surface area contributed by atoms with Crippen molar-refractivity contribution < 1.29 is 9.59 Å². The number of amides is 1. The summed E-state index contributed by atoms with van der Waals surface area (Å²) in [6, 6.07) is 14.8. The van der Waals surface area contributed by atoms with Gasteiger partial charge in [0.2, 0.25) is 11.0 Å². The maximum Gasteiger partial charge on any atom is 0.223 e. The first kappa shape index (κ1) is 22.4. The first-order valence-corrected chi connectivity index (χ1v) is 11.8. The van der Waals surface area contributed by atoms with Crippen LogP contribution in [0.15, 0.2) is 42.5 Å². The van der Waals surface area contributed by atoms with E-state index in [9.17, 15) is 9.59 Å². The van der Waals surface area contributed by atoms with E-state index >= 15 is 0 Å². The number of thioether (sulfide) groups is 1. The van der Waals surface area contributed by atoms with Crippen LogP contribution in [0.2, 0.25) is 0 Å². The fourth-order valence-electron chi connectivity index (χ4n) is 3.76. The van der Waals surface area contributed by atoms with Crippen LogP contribution in [-0.2, 0) is 28.9 Å². The summed E-state index contributed by atoms with van der Waals surface area (Å²) in [4.78, 5) is 24.4. The van der Waals surface area contributed by atoms with Gasteiger partial charge in [0.25, 0.3) is 0 Å². The summed E-state index contributed by atoms with van der Waals surface area (Å²) in [6.45, 7) is 4.76. The fraction of sp³-hybridized carbons (Fsp3) is 0.440. The molecule has 0 unspecified atom stereocenters. The van der Waals surface area contributed by atoms with E-state index in [0.29, 0.717) is 12.2 Å². The van der Waals surface area contributed by atoms with E-state index in [1.807, 2.05) is 13.8 Å². The van der Waals surface area contributed by atoms with E-state index in [2.05, 4.69) is 53.1 Å². The summed E-state index contributed by atoms with van der Waals surface area (Å²) < 4.78 is 0. The highest BCUT2D eigenvalue weighted by Crippen LogP contribution is 2.24. The number of nitrogens with one attached hydrogen (secondary N) is 2. The average Bonchev–Trinajstić information content (AvgIpc) is 2.76. The number of fused-ring (bicyclic) bond motifs is 1. The first-order chi connectivity index (χ1) is 14.5. The highest BCUT2D eigenvalue weighted by atomic mass is 32.2. The van der Waals surface area contributed by atoms with Crippen LogP contribution in [0.3, 0.4) is 0 Å². The van der Waals surface area contributed by atoms with Crippen LogP contribution in [0, 0.1) is 12.8 Å². The molecule has 1 atom stereocenters. The Balaban J connectivity index is 1.31. The van der Waals surface area contributed by atoms with E-state index in [1.165, 1.54) is 54.1 Å². The molecule has 0 aromatic heterocycles. The third-order valence-corrected chi connectivity index (χ3v) is 6.43. The Morgan fingerprint density at radius 3 is 2.53 bits per heavy atom. The molecule has 30 heavy (non-hydrogen) atoms. The van der Waals surface area contributed by atoms with Crippen LogP contribution < -0.4 is 10.6 Å². The largest absolute Gasteiger partial charge is 0.384 e. The highest BCUT2D eigenvalue weighted by molar-refractivity contribution is 8.13. The van der Waals surface area contributed by atoms with Crippen molar-refractivity contribution in [3.8, 4) is 0 Å². The van der Waals surface area contributed by atoms with Gasteiger partial charge in [0.05, 0.1) is 6.54 Å². The Morgan fingerprint density at radius 2 is 1.77 bits per heavy atom. The quantitative estimate of drug-likeness (QED) is 0.580. The van der Waals surface area contributed by atoms with Crippen LogP contribution in [0.5, 0.6) is 0 Å². The lowest BCUT2D eigenvalue weighted by Gasteiger charge is -2.17. The number of hydrogen-bond donors (Lipinski definition) is 2. The third kappa shape index (κ3) is 6.91. The van der Waals surface area contributed by atoms with E-state index in [-0.39, 0.29) is 23.5 Å². The van der Waals surface area contributed by atoms with Crippen molar-refractivity contribution in [2.45, 2.75) is 46.0 Å².